The number of nitrogens with one attached hydrogen (secondary N) is 1. The quantitative estimate of drug-likeness (QED) is 0.554. The first-order chi connectivity index (χ1) is 13.3. The Bertz CT molecular complexity index is 1080. The topological polar surface area (TPSA) is 72.5 Å². The van der Waals surface area contributed by atoms with Gasteiger partial charge < -0.3 is 9.50 Å². The first-order valence-corrected chi connectivity index (χ1v) is 11.1. The molecular weight excluding hydrogens is 418 g/mol. The van der Waals surface area contributed by atoms with Crippen LogP contribution in [0.15, 0.2) is 64.9 Å². The molecule has 1 amide bonds. The predicted octanol–water partition coefficient (Wildman–Crippen LogP) is 4.51. The van der Waals surface area contributed by atoms with Crippen LogP contribution in [-0.4, -0.2) is 20.9 Å². The number of hydrogen-bond donors (Lipinski definition) is 1. The maximum absolute atomic E-state index is 12.6. The van der Waals surface area contributed by atoms with Gasteiger partial charge in [-0.1, -0.05) is 48.0 Å². The Morgan fingerprint density at radius 1 is 1.07 bits per heavy atom. The summed E-state index contributed by atoms with van der Waals surface area (Å²) >= 11 is 7.36. The third-order valence-electron chi connectivity index (χ3n) is 3.87. The molecule has 0 saturated carbocycles. The average Bonchev–Trinajstić information content (AvgIpc) is 3.14. The van der Waals surface area contributed by atoms with Crippen molar-refractivity contribution in [2.75, 3.05) is 6.54 Å². The summed E-state index contributed by atoms with van der Waals surface area (Å²) in [5.74, 6) is -0.0455. The van der Waals surface area contributed by atoms with Crippen LogP contribution >= 0.6 is 22.9 Å². The van der Waals surface area contributed by atoms with E-state index >= 15 is 0 Å². The standard InChI is InChI=1S/C20H18ClNO4S2/c1-14(23)22-12-11-17-8-10-20(27-17)28(24,25)26-19-9-7-16(13-18(19)21)15-5-3-2-4-6-15/h2-10,13H,11-12H2,1H3,(H,22,23). The molecule has 8 heteroatoms. The molecule has 0 fully saturated rings. The minimum absolute atomic E-state index is 0.0783. The average molecular weight is 436 g/mol. The number of benzene rings is 2. The molecule has 0 aliphatic rings. The van der Waals surface area contributed by atoms with Crippen molar-refractivity contribution in [1.29, 1.82) is 0 Å². The van der Waals surface area contributed by atoms with Crippen LogP contribution in [0.3, 0.4) is 0 Å². The minimum Gasteiger partial charge on any atom is -0.377 e. The van der Waals surface area contributed by atoms with Crippen molar-refractivity contribution < 1.29 is 17.4 Å². The second-order valence-electron chi connectivity index (χ2n) is 6.00. The lowest BCUT2D eigenvalue weighted by Crippen LogP contribution is -2.22. The van der Waals surface area contributed by atoms with Gasteiger partial charge in [-0.25, -0.2) is 0 Å². The van der Waals surface area contributed by atoms with E-state index in [9.17, 15) is 13.2 Å². The molecule has 146 valence electrons. The van der Waals surface area contributed by atoms with E-state index in [0.717, 1.165) is 27.3 Å². The Balaban J connectivity index is 1.74. The fourth-order valence-corrected chi connectivity index (χ4v) is 5.06. The van der Waals surface area contributed by atoms with Gasteiger partial charge in [0.25, 0.3) is 0 Å². The molecule has 1 N–H and O–H groups in total. The van der Waals surface area contributed by atoms with E-state index in [-0.39, 0.29) is 20.9 Å². The largest absolute Gasteiger partial charge is 0.377 e. The molecule has 1 heterocycles. The second kappa shape index (κ2) is 8.77. The number of hydrogen-bond acceptors (Lipinski definition) is 5. The number of thiophene rings is 1. The summed E-state index contributed by atoms with van der Waals surface area (Å²) in [6.07, 6.45) is 0.548. The zero-order valence-corrected chi connectivity index (χ0v) is 17.4. The molecule has 5 nitrogen and oxygen atoms in total. The molecule has 1 aromatic heterocycles. The van der Waals surface area contributed by atoms with Crippen molar-refractivity contribution in [3.05, 3.63) is 70.6 Å². The molecule has 0 bridgehead atoms. The molecule has 0 spiro atoms. The molecule has 0 saturated heterocycles. The van der Waals surface area contributed by atoms with Gasteiger partial charge in [-0.3, -0.25) is 4.79 Å². The Hall–Kier alpha value is -2.35. The van der Waals surface area contributed by atoms with E-state index in [1.807, 2.05) is 30.3 Å². The summed E-state index contributed by atoms with van der Waals surface area (Å²) in [7, 11) is -3.99. The monoisotopic (exact) mass is 435 g/mol. The molecule has 3 aromatic rings. The lowest BCUT2D eigenvalue weighted by Gasteiger charge is -2.09. The van der Waals surface area contributed by atoms with E-state index in [1.54, 1.807) is 24.3 Å². The summed E-state index contributed by atoms with van der Waals surface area (Å²) in [6, 6.07) is 17.8. The SMILES string of the molecule is CC(=O)NCCc1ccc(S(=O)(=O)Oc2ccc(-c3ccccc3)cc2Cl)s1. The van der Waals surface area contributed by atoms with Crippen molar-refractivity contribution in [2.24, 2.45) is 0 Å². The summed E-state index contributed by atoms with van der Waals surface area (Å²) < 4.78 is 30.5. The van der Waals surface area contributed by atoms with Crippen LogP contribution in [0.2, 0.25) is 5.02 Å². The van der Waals surface area contributed by atoms with Crippen LogP contribution in [0.1, 0.15) is 11.8 Å². The van der Waals surface area contributed by atoms with Gasteiger partial charge >= 0.3 is 10.1 Å². The summed E-state index contributed by atoms with van der Waals surface area (Å²) in [5.41, 5.74) is 1.84. The van der Waals surface area contributed by atoms with Gasteiger partial charge in [-0.05, 0) is 41.8 Å². The predicted molar refractivity (Wildman–Crippen MR) is 111 cm³/mol. The number of carbonyl (C=O) groups is 1. The lowest BCUT2D eigenvalue weighted by atomic mass is 10.1. The van der Waals surface area contributed by atoms with E-state index in [1.165, 1.54) is 13.0 Å². The van der Waals surface area contributed by atoms with E-state index in [2.05, 4.69) is 5.32 Å². The maximum atomic E-state index is 12.6. The number of amides is 1. The molecule has 0 aliphatic heterocycles. The van der Waals surface area contributed by atoms with Crippen molar-refractivity contribution in [1.82, 2.24) is 5.32 Å². The molecule has 3 rings (SSSR count). The Morgan fingerprint density at radius 3 is 2.50 bits per heavy atom. The fraction of sp³-hybridized carbons (Fsp3) is 0.150. The van der Waals surface area contributed by atoms with Gasteiger partial charge in [0.1, 0.15) is 0 Å². The fourth-order valence-electron chi connectivity index (χ4n) is 2.53. The molecule has 0 aliphatic carbocycles. The summed E-state index contributed by atoms with van der Waals surface area (Å²) in [4.78, 5) is 11.7. The molecule has 28 heavy (non-hydrogen) atoms. The van der Waals surface area contributed by atoms with Crippen molar-refractivity contribution >= 4 is 39.0 Å². The van der Waals surface area contributed by atoms with Crippen LogP contribution in [-0.2, 0) is 21.3 Å². The third kappa shape index (κ3) is 5.13. The first-order valence-electron chi connectivity index (χ1n) is 8.48. The molecule has 0 atom stereocenters. The van der Waals surface area contributed by atoms with Crippen LogP contribution in [0.5, 0.6) is 5.75 Å². The Morgan fingerprint density at radius 2 is 1.82 bits per heavy atom. The number of rotatable bonds is 7. The first kappa shape index (κ1) is 20.4. The highest BCUT2D eigenvalue weighted by Crippen LogP contribution is 2.33. The summed E-state index contributed by atoms with van der Waals surface area (Å²) in [5, 5.41) is 2.89. The second-order valence-corrected chi connectivity index (χ2v) is 9.35. The van der Waals surface area contributed by atoms with Gasteiger partial charge in [0.05, 0.1) is 5.02 Å². The number of carbonyl (C=O) groups excluding carboxylic acids is 1. The molecule has 0 unspecified atom stereocenters. The highest BCUT2D eigenvalue weighted by molar-refractivity contribution is 7.89. The van der Waals surface area contributed by atoms with Crippen molar-refractivity contribution in [3.8, 4) is 16.9 Å². The molecule has 2 aromatic carbocycles. The van der Waals surface area contributed by atoms with E-state index in [0.29, 0.717) is 13.0 Å². The maximum Gasteiger partial charge on any atom is 0.348 e. The highest BCUT2D eigenvalue weighted by atomic mass is 35.5. The van der Waals surface area contributed by atoms with Gasteiger partial charge in [-0.15, -0.1) is 11.3 Å². The van der Waals surface area contributed by atoms with Crippen LogP contribution in [0, 0.1) is 0 Å². The van der Waals surface area contributed by atoms with Crippen LogP contribution in [0.25, 0.3) is 11.1 Å². The van der Waals surface area contributed by atoms with Gasteiger partial charge in [0, 0.05) is 18.3 Å². The smallest absolute Gasteiger partial charge is 0.348 e. The molecular formula is C20H18ClNO4S2. The third-order valence-corrected chi connectivity index (χ3v) is 6.99. The van der Waals surface area contributed by atoms with Crippen molar-refractivity contribution in [2.45, 2.75) is 17.6 Å². The van der Waals surface area contributed by atoms with E-state index < -0.39 is 10.1 Å². The molecule has 0 radical (unpaired) electrons. The number of halogens is 1. The Labute approximate surface area is 173 Å². The van der Waals surface area contributed by atoms with Crippen molar-refractivity contribution in [3.63, 3.8) is 0 Å². The minimum atomic E-state index is -3.99. The highest BCUT2D eigenvalue weighted by Gasteiger charge is 2.21. The van der Waals surface area contributed by atoms with Gasteiger partial charge in [0.15, 0.2) is 9.96 Å². The van der Waals surface area contributed by atoms with Crippen LogP contribution < -0.4 is 9.50 Å². The van der Waals surface area contributed by atoms with E-state index in [4.69, 9.17) is 15.8 Å². The van der Waals surface area contributed by atoms with Gasteiger partial charge in [0.2, 0.25) is 5.91 Å². The van der Waals surface area contributed by atoms with Gasteiger partial charge in [-0.2, -0.15) is 8.42 Å². The zero-order chi connectivity index (χ0) is 20.1. The lowest BCUT2D eigenvalue weighted by molar-refractivity contribution is -0.118. The zero-order valence-electron chi connectivity index (χ0n) is 15.0. The van der Waals surface area contributed by atoms with Crippen LogP contribution in [0.4, 0.5) is 0 Å². The Kier molecular flexibility index (Phi) is 6.39. The summed E-state index contributed by atoms with van der Waals surface area (Å²) in [6.45, 7) is 1.88. The normalized spacial score (nSPS) is 11.2.